The van der Waals surface area contributed by atoms with Gasteiger partial charge >= 0.3 is 11.9 Å². The van der Waals surface area contributed by atoms with E-state index in [0.29, 0.717) is 5.56 Å². The van der Waals surface area contributed by atoms with Crippen molar-refractivity contribution in [1.82, 2.24) is 0 Å². The van der Waals surface area contributed by atoms with E-state index in [9.17, 15) is 9.59 Å². The highest BCUT2D eigenvalue weighted by Crippen LogP contribution is 2.21. The summed E-state index contributed by atoms with van der Waals surface area (Å²) in [5, 5.41) is 8.94. The Balaban J connectivity index is 2.94. The summed E-state index contributed by atoms with van der Waals surface area (Å²) >= 11 is 5.30. The SMILES string of the molecule is CC(OC(=O)CCl)c1ccccc1C(=O)O. The fraction of sp³-hybridized carbons (Fsp3) is 0.273. The molecule has 0 heterocycles. The van der Waals surface area contributed by atoms with Crippen molar-refractivity contribution in [1.29, 1.82) is 0 Å². The molecule has 0 bridgehead atoms. The minimum atomic E-state index is -1.05. The predicted molar refractivity (Wildman–Crippen MR) is 58.6 cm³/mol. The number of hydrogen-bond donors (Lipinski definition) is 1. The lowest BCUT2D eigenvalue weighted by atomic mass is 10.0. The first-order chi connectivity index (χ1) is 7.56. The molecule has 1 rings (SSSR count). The van der Waals surface area contributed by atoms with Crippen LogP contribution in [-0.2, 0) is 9.53 Å². The highest BCUT2D eigenvalue weighted by molar-refractivity contribution is 6.26. The number of carboxylic acids is 1. The number of rotatable bonds is 4. The van der Waals surface area contributed by atoms with E-state index >= 15 is 0 Å². The first-order valence-electron chi connectivity index (χ1n) is 4.64. The lowest BCUT2D eigenvalue weighted by Crippen LogP contribution is -2.13. The Labute approximate surface area is 97.8 Å². The molecule has 0 radical (unpaired) electrons. The van der Waals surface area contributed by atoms with Crippen molar-refractivity contribution >= 4 is 23.5 Å². The average molecular weight is 243 g/mol. The topological polar surface area (TPSA) is 63.6 Å². The summed E-state index contributed by atoms with van der Waals surface area (Å²) in [6, 6.07) is 6.37. The molecule has 0 amide bonds. The normalized spacial score (nSPS) is 11.9. The van der Waals surface area contributed by atoms with Crippen molar-refractivity contribution in [2.24, 2.45) is 0 Å². The number of aromatic carboxylic acids is 1. The molecular weight excluding hydrogens is 232 g/mol. The Bertz CT molecular complexity index is 403. The van der Waals surface area contributed by atoms with E-state index in [1.165, 1.54) is 6.07 Å². The van der Waals surface area contributed by atoms with E-state index in [0.717, 1.165) is 0 Å². The van der Waals surface area contributed by atoms with Crippen LogP contribution in [0.15, 0.2) is 24.3 Å². The van der Waals surface area contributed by atoms with Gasteiger partial charge in [-0.15, -0.1) is 11.6 Å². The van der Waals surface area contributed by atoms with Crippen molar-refractivity contribution in [2.45, 2.75) is 13.0 Å². The molecule has 0 saturated carbocycles. The lowest BCUT2D eigenvalue weighted by molar-refractivity contribution is -0.145. The molecule has 0 aromatic heterocycles. The molecule has 0 aliphatic heterocycles. The zero-order chi connectivity index (χ0) is 12.1. The van der Waals surface area contributed by atoms with E-state index in [-0.39, 0.29) is 11.4 Å². The third kappa shape index (κ3) is 2.97. The summed E-state index contributed by atoms with van der Waals surface area (Å²) in [5.41, 5.74) is 0.575. The smallest absolute Gasteiger partial charge is 0.336 e. The summed E-state index contributed by atoms with van der Waals surface area (Å²) in [6.45, 7) is 1.60. The molecule has 0 spiro atoms. The maximum Gasteiger partial charge on any atom is 0.336 e. The number of alkyl halides is 1. The van der Waals surface area contributed by atoms with Gasteiger partial charge in [-0.1, -0.05) is 18.2 Å². The Morgan fingerprint density at radius 1 is 1.44 bits per heavy atom. The number of ether oxygens (including phenoxy) is 1. The van der Waals surface area contributed by atoms with Crippen molar-refractivity contribution in [2.75, 3.05) is 5.88 Å². The van der Waals surface area contributed by atoms with Crippen LogP contribution in [-0.4, -0.2) is 22.9 Å². The van der Waals surface area contributed by atoms with Gasteiger partial charge in [-0.25, -0.2) is 4.79 Å². The molecule has 0 aliphatic carbocycles. The van der Waals surface area contributed by atoms with Crippen LogP contribution in [0, 0.1) is 0 Å². The second-order valence-electron chi connectivity index (χ2n) is 3.16. The summed E-state index contributed by atoms with van der Waals surface area (Å²) in [6.07, 6.45) is -0.626. The van der Waals surface area contributed by atoms with Crippen LogP contribution in [0.25, 0.3) is 0 Å². The molecule has 5 heteroatoms. The van der Waals surface area contributed by atoms with E-state index in [1.54, 1.807) is 25.1 Å². The summed E-state index contributed by atoms with van der Waals surface area (Å²) in [4.78, 5) is 21.9. The molecule has 1 aromatic carbocycles. The summed E-state index contributed by atoms with van der Waals surface area (Å²) in [5.74, 6) is -1.88. The highest BCUT2D eigenvalue weighted by atomic mass is 35.5. The van der Waals surface area contributed by atoms with Crippen LogP contribution in [0.3, 0.4) is 0 Å². The molecule has 1 atom stereocenters. The molecule has 0 fully saturated rings. The molecule has 0 saturated heterocycles. The van der Waals surface area contributed by atoms with Crippen LogP contribution in [0.2, 0.25) is 0 Å². The molecule has 4 nitrogen and oxygen atoms in total. The zero-order valence-corrected chi connectivity index (χ0v) is 9.40. The predicted octanol–water partition coefficient (Wildman–Crippen LogP) is 2.23. The summed E-state index contributed by atoms with van der Waals surface area (Å²) in [7, 11) is 0. The van der Waals surface area contributed by atoms with Gasteiger partial charge in [0.05, 0.1) is 5.56 Å². The number of carbonyl (C=O) groups excluding carboxylic acids is 1. The number of carboxylic acid groups (broad SMARTS) is 1. The van der Waals surface area contributed by atoms with Gasteiger partial charge in [0.2, 0.25) is 0 Å². The van der Waals surface area contributed by atoms with E-state index in [2.05, 4.69) is 0 Å². The molecule has 16 heavy (non-hydrogen) atoms. The first kappa shape index (κ1) is 12.5. The monoisotopic (exact) mass is 242 g/mol. The van der Waals surface area contributed by atoms with Gasteiger partial charge in [0.1, 0.15) is 12.0 Å². The minimum Gasteiger partial charge on any atom is -0.478 e. The fourth-order valence-corrected chi connectivity index (χ4v) is 1.40. The van der Waals surface area contributed by atoms with Crippen LogP contribution < -0.4 is 0 Å². The highest BCUT2D eigenvalue weighted by Gasteiger charge is 2.17. The standard InChI is InChI=1S/C11H11ClO4/c1-7(16-10(13)6-12)8-4-2-3-5-9(8)11(14)15/h2-5,7H,6H2,1H3,(H,14,15). The van der Waals surface area contributed by atoms with Gasteiger partial charge < -0.3 is 9.84 Å². The first-order valence-corrected chi connectivity index (χ1v) is 5.17. The maximum atomic E-state index is 11.0. The molecular formula is C11H11ClO4. The Morgan fingerprint density at radius 2 is 2.06 bits per heavy atom. The van der Waals surface area contributed by atoms with Gasteiger partial charge in [0.25, 0.3) is 0 Å². The number of hydrogen-bond acceptors (Lipinski definition) is 3. The largest absolute Gasteiger partial charge is 0.478 e. The van der Waals surface area contributed by atoms with Gasteiger partial charge in [0.15, 0.2) is 0 Å². The molecule has 1 unspecified atom stereocenters. The Hall–Kier alpha value is -1.55. The van der Waals surface area contributed by atoms with Crippen molar-refractivity contribution < 1.29 is 19.4 Å². The van der Waals surface area contributed by atoms with Crippen LogP contribution in [0.1, 0.15) is 28.9 Å². The van der Waals surface area contributed by atoms with Gasteiger partial charge in [-0.2, -0.15) is 0 Å². The molecule has 1 aromatic rings. The van der Waals surface area contributed by atoms with Crippen molar-refractivity contribution in [3.05, 3.63) is 35.4 Å². The second-order valence-corrected chi connectivity index (χ2v) is 3.43. The number of benzene rings is 1. The minimum absolute atomic E-state index is 0.123. The lowest BCUT2D eigenvalue weighted by Gasteiger charge is -2.14. The fourth-order valence-electron chi connectivity index (χ4n) is 1.34. The van der Waals surface area contributed by atoms with E-state index in [4.69, 9.17) is 21.4 Å². The average Bonchev–Trinajstić information content (AvgIpc) is 2.28. The van der Waals surface area contributed by atoms with E-state index in [1.807, 2.05) is 0 Å². The zero-order valence-electron chi connectivity index (χ0n) is 8.64. The van der Waals surface area contributed by atoms with Crippen molar-refractivity contribution in [3.8, 4) is 0 Å². The van der Waals surface area contributed by atoms with Crippen LogP contribution >= 0.6 is 11.6 Å². The Morgan fingerprint density at radius 3 is 2.62 bits per heavy atom. The third-order valence-corrected chi connectivity index (χ3v) is 2.26. The van der Waals surface area contributed by atoms with Crippen LogP contribution in [0.4, 0.5) is 0 Å². The maximum absolute atomic E-state index is 11.0. The van der Waals surface area contributed by atoms with Gasteiger partial charge in [-0.3, -0.25) is 4.79 Å². The number of carbonyl (C=O) groups is 2. The van der Waals surface area contributed by atoms with Crippen molar-refractivity contribution in [3.63, 3.8) is 0 Å². The van der Waals surface area contributed by atoms with Crippen LogP contribution in [0.5, 0.6) is 0 Å². The second kappa shape index (κ2) is 5.51. The molecule has 1 N–H and O–H groups in total. The van der Waals surface area contributed by atoms with Gasteiger partial charge in [-0.05, 0) is 13.0 Å². The Kier molecular flexibility index (Phi) is 4.31. The van der Waals surface area contributed by atoms with Gasteiger partial charge in [0, 0.05) is 5.56 Å². The quantitative estimate of drug-likeness (QED) is 0.650. The summed E-state index contributed by atoms with van der Waals surface area (Å²) < 4.78 is 4.94. The van der Waals surface area contributed by atoms with E-state index < -0.39 is 18.0 Å². The number of esters is 1. The molecule has 0 aliphatic rings. The molecule has 86 valence electrons. The number of halogens is 1. The third-order valence-electron chi connectivity index (χ3n) is 2.05.